The predicted molar refractivity (Wildman–Crippen MR) is 84.2 cm³/mol. The molecule has 12 heteroatoms. The third kappa shape index (κ3) is 2.94. The van der Waals surface area contributed by atoms with Gasteiger partial charge in [-0.25, -0.2) is 0 Å². The number of allylic oxidation sites excluding steroid dienone is 1. The highest BCUT2D eigenvalue weighted by molar-refractivity contribution is 7.86. The van der Waals surface area contributed by atoms with Crippen molar-refractivity contribution in [3.63, 3.8) is 0 Å². The molecule has 0 aromatic heterocycles. The molecule has 0 aromatic carbocycles. The second-order valence-electron chi connectivity index (χ2n) is 7.24. The molecule has 0 radical (unpaired) electrons. The molecule has 1 saturated heterocycles. The first-order valence-corrected chi connectivity index (χ1v) is 9.68. The van der Waals surface area contributed by atoms with Gasteiger partial charge in [0.25, 0.3) is 0 Å². The van der Waals surface area contributed by atoms with E-state index in [1.165, 1.54) is 6.92 Å². The largest absolute Gasteiger partial charge is 0.461 e. The number of ether oxygens (including phenoxy) is 2. The van der Waals surface area contributed by atoms with Crippen molar-refractivity contribution in [2.75, 3.05) is 6.61 Å². The summed E-state index contributed by atoms with van der Waals surface area (Å²) < 4.78 is 65.8. The normalized spacial score (nSPS) is 33.5. The van der Waals surface area contributed by atoms with Crippen LogP contribution in [0.15, 0.2) is 12.2 Å². The first kappa shape index (κ1) is 20.5. The maximum absolute atomic E-state index is 13.3. The molecule has 2 aliphatic carbocycles. The van der Waals surface area contributed by atoms with Crippen LogP contribution in [0.25, 0.3) is 0 Å². The minimum Gasteiger partial charge on any atom is -0.461 e. The van der Waals surface area contributed by atoms with E-state index in [9.17, 15) is 36.4 Å². The third-order valence-electron chi connectivity index (χ3n) is 5.56. The van der Waals surface area contributed by atoms with E-state index >= 15 is 0 Å². The third-order valence-corrected chi connectivity index (χ3v) is 6.43. The zero-order valence-electron chi connectivity index (χ0n) is 14.5. The van der Waals surface area contributed by atoms with Crippen LogP contribution in [0.2, 0.25) is 0 Å². The van der Waals surface area contributed by atoms with Crippen LogP contribution >= 0.6 is 0 Å². The predicted octanol–water partition coefficient (Wildman–Crippen LogP) is 0.148. The highest BCUT2D eigenvalue weighted by Gasteiger charge is 2.70. The average Bonchev–Trinajstić information content (AvgIpc) is 3.18. The van der Waals surface area contributed by atoms with Crippen molar-refractivity contribution in [1.29, 1.82) is 0 Å². The fourth-order valence-electron chi connectivity index (χ4n) is 4.41. The molecular weight excluding hydrogens is 406 g/mol. The topological polar surface area (TPSA) is 141 Å². The fourth-order valence-corrected chi connectivity index (χ4v) is 4.62. The molecule has 2 saturated carbocycles. The molecule has 0 aromatic rings. The van der Waals surface area contributed by atoms with Crippen molar-refractivity contribution in [2.45, 2.75) is 24.7 Å². The zero-order valence-corrected chi connectivity index (χ0v) is 15.3. The molecule has 9 nitrogen and oxygen atoms in total. The van der Waals surface area contributed by atoms with Crippen LogP contribution in [-0.4, -0.2) is 54.4 Å². The lowest BCUT2D eigenvalue weighted by atomic mass is 9.71. The molecule has 6 atom stereocenters. The molecule has 1 N–H and O–H groups in total. The molecule has 3 fully saturated rings. The van der Waals surface area contributed by atoms with Crippen LogP contribution in [0.4, 0.5) is 8.78 Å². The zero-order chi connectivity index (χ0) is 21.2. The molecule has 154 valence electrons. The Hall–Kier alpha value is -2.21. The quantitative estimate of drug-likeness (QED) is 0.263. The van der Waals surface area contributed by atoms with E-state index in [0.29, 0.717) is 0 Å². The molecule has 1 heterocycles. The Morgan fingerprint density at radius 1 is 1.29 bits per heavy atom. The number of halogens is 2. The standard InChI is InChI=1S/C16H16F2O9S/c1-5(2)11(19)12(20)8-6-3-7-9(8)15(22)27-13(7)10(6)14(21)26-4-16(17,18)28(23,24)25/h6-10,13H,1,3-4H2,2H3,(H,23,24,25). The first-order chi connectivity index (χ1) is 12.8. The second-order valence-corrected chi connectivity index (χ2v) is 8.78. The summed E-state index contributed by atoms with van der Waals surface area (Å²) in [6.07, 6.45) is -0.826. The molecule has 2 bridgehead atoms. The summed E-state index contributed by atoms with van der Waals surface area (Å²) in [4.78, 5) is 49.0. The Morgan fingerprint density at radius 3 is 2.43 bits per heavy atom. The van der Waals surface area contributed by atoms with Gasteiger partial charge in [-0.3, -0.25) is 23.7 Å². The lowest BCUT2D eigenvalue weighted by molar-refractivity contribution is -0.162. The number of carbonyl (C=O) groups is 4. The van der Waals surface area contributed by atoms with Crippen LogP contribution in [0.5, 0.6) is 0 Å². The molecule has 0 spiro atoms. The van der Waals surface area contributed by atoms with Crippen LogP contribution < -0.4 is 0 Å². The minimum atomic E-state index is -5.80. The van der Waals surface area contributed by atoms with Crippen LogP contribution in [0, 0.1) is 29.6 Å². The number of esters is 2. The molecule has 6 unspecified atom stereocenters. The highest BCUT2D eigenvalue weighted by Crippen LogP contribution is 2.61. The van der Waals surface area contributed by atoms with Gasteiger partial charge in [0.1, 0.15) is 6.10 Å². The van der Waals surface area contributed by atoms with Gasteiger partial charge in [0.2, 0.25) is 11.6 Å². The Kier molecular flexibility index (Phi) is 4.70. The molecule has 1 aliphatic heterocycles. The van der Waals surface area contributed by atoms with Gasteiger partial charge in [-0.05, 0) is 24.8 Å². The summed E-state index contributed by atoms with van der Waals surface area (Å²) >= 11 is 0. The number of hydrogen-bond donors (Lipinski definition) is 1. The average molecular weight is 422 g/mol. The van der Waals surface area contributed by atoms with Crippen molar-refractivity contribution >= 4 is 33.6 Å². The van der Waals surface area contributed by atoms with Gasteiger partial charge in [-0.15, -0.1) is 0 Å². The van der Waals surface area contributed by atoms with E-state index in [1.807, 2.05) is 0 Å². The number of ketones is 2. The SMILES string of the molecule is C=C(C)C(=O)C(=O)C1C2CC3C(OC(=O)C31)C2C(=O)OCC(F)(F)S(=O)(=O)O. The summed E-state index contributed by atoms with van der Waals surface area (Å²) in [5.41, 5.74) is -0.0531. The van der Waals surface area contributed by atoms with E-state index in [4.69, 9.17) is 9.29 Å². The Labute approximate surface area is 157 Å². The monoisotopic (exact) mass is 422 g/mol. The minimum absolute atomic E-state index is 0.0531. The highest BCUT2D eigenvalue weighted by atomic mass is 32.2. The van der Waals surface area contributed by atoms with Crippen LogP contribution in [0.3, 0.4) is 0 Å². The number of hydrogen-bond acceptors (Lipinski definition) is 8. The van der Waals surface area contributed by atoms with Gasteiger partial charge < -0.3 is 9.47 Å². The number of fused-ring (bicyclic) bond motifs is 1. The number of rotatable bonds is 7. The van der Waals surface area contributed by atoms with Gasteiger partial charge in [0.15, 0.2) is 6.61 Å². The lowest BCUT2D eigenvalue weighted by Gasteiger charge is -2.29. The first-order valence-electron chi connectivity index (χ1n) is 8.24. The van der Waals surface area contributed by atoms with E-state index in [-0.39, 0.29) is 12.0 Å². The van der Waals surface area contributed by atoms with Crippen molar-refractivity contribution in [3.05, 3.63) is 12.2 Å². The second kappa shape index (κ2) is 6.41. The van der Waals surface area contributed by atoms with Gasteiger partial charge in [-0.2, -0.15) is 17.2 Å². The van der Waals surface area contributed by atoms with Crippen molar-refractivity contribution in [1.82, 2.24) is 0 Å². The van der Waals surface area contributed by atoms with E-state index in [1.54, 1.807) is 0 Å². The Balaban J connectivity index is 1.83. The summed E-state index contributed by atoms with van der Waals surface area (Å²) in [6, 6.07) is 0. The molecule has 0 amide bonds. The fraction of sp³-hybridized carbons (Fsp3) is 0.625. The Morgan fingerprint density at radius 2 is 1.89 bits per heavy atom. The van der Waals surface area contributed by atoms with Crippen molar-refractivity contribution in [2.24, 2.45) is 29.6 Å². The number of carbonyl (C=O) groups excluding carboxylic acids is 4. The van der Waals surface area contributed by atoms with Gasteiger partial charge in [-0.1, -0.05) is 6.58 Å². The van der Waals surface area contributed by atoms with Gasteiger partial charge in [0.05, 0.1) is 11.8 Å². The maximum Gasteiger partial charge on any atom is 0.402 e. The Bertz CT molecular complexity index is 894. The summed E-state index contributed by atoms with van der Waals surface area (Å²) in [5.74, 6) is -8.65. The number of alkyl halides is 2. The van der Waals surface area contributed by atoms with Gasteiger partial charge in [0, 0.05) is 11.8 Å². The van der Waals surface area contributed by atoms with Crippen molar-refractivity contribution in [3.8, 4) is 0 Å². The maximum atomic E-state index is 13.3. The lowest BCUT2D eigenvalue weighted by Crippen LogP contribution is -2.44. The van der Waals surface area contributed by atoms with E-state index in [0.717, 1.165) is 0 Å². The molecule has 28 heavy (non-hydrogen) atoms. The van der Waals surface area contributed by atoms with E-state index in [2.05, 4.69) is 11.3 Å². The van der Waals surface area contributed by atoms with Crippen LogP contribution in [-0.2, 0) is 38.8 Å². The smallest absolute Gasteiger partial charge is 0.402 e. The summed E-state index contributed by atoms with van der Waals surface area (Å²) in [6.45, 7) is 2.75. The summed E-state index contributed by atoms with van der Waals surface area (Å²) in [7, 11) is -5.80. The molecular formula is C16H16F2O9S. The van der Waals surface area contributed by atoms with E-state index < -0.39 is 81.2 Å². The van der Waals surface area contributed by atoms with Crippen molar-refractivity contribution < 1.29 is 50.4 Å². The van der Waals surface area contributed by atoms with Gasteiger partial charge >= 0.3 is 27.3 Å². The molecule has 3 aliphatic rings. The number of Topliss-reactive ketones (excluding diaryl/α,β-unsaturated/α-hetero) is 2. The molecule has 3 rings (SSSR count). The van der Waals surface area contributed by atoms with Crippen LogP contribution in [0.1, 0.15) is 13.3 Å². The summed E-state index contributed by atoms with van der Waals surface area (Å²) in [5, 5.41) is -4.72.